The zero-order valence-electron chi connectivity index (χ0n) is 18.3. The number of hydrogen-bond donors (Lipinski definition) is 0. The van der Waals surface area contributed by atoms with Gasteiger partial charge in [-0.3, -0.25) is 4.90 Å². The second-order valence-electron chi connectivity index (χ2n) is 8.25. The first-order valence-electron chi connectivity index (χ1n) is 11.1. The second-order valence-corrected chi connectivity index (χ2v) is 9.12. The van der Waals surface area contributed by atoms with E-state index >= 15 is 0 Å². The minimum absolute atomic E-state index is 0.145. The summed E-state index contributed by atoms with van der Waals surface area (Å²) in [6, 6.07) is 24.6. The molecule has 0 saturated carbocycles. The highest BCUT2D eigenvalue weighted by Crippen LogP contribution is 2.30. The molecular formula is C27H29Cl2NO2. The lowest BCUT2D eigenvalue weighted by molar-refractivity contribution is 0.0381. The fourth-order valence-electron chi connectivity index (χ4n) is 4.31. The molecule has 4 rings (SSSR count). The van der Waals surface area contributed by atoms with Crippen LogP contribution in [0.5, 0.6) is 5.75 Å². The molecule has 1 aliphatic rings. The van der Waals surface area contributed by atoms with E-state index in [4.69, 9.17) is 32.7 Å². The number of methoxy groups -OCH3 is 1. The normalized spacial score (nSPS) is 16.6. The number of ether oxygens (including phenoxy) is 2. The van der Waals surface area contributed by atoms with E-state index < -0.39 is 0 Å². The third-order valence-electron chi connectivity index (χ3n) is 6.15. The summed E-state index contributed by atoms with van der Waals surface area (Å²) in [6.45, 7) is 2.85. The van der Waals surface area contributed by atoms with E-state index in [1.54, 1.807) is 7.11 Å². The summed E-state index contributed by atoms with van der Waals surface area (Å²) in [4.78, 5) is 2.56. The number of benzene rings is 3. The van der Waals surface area contributed by atoms with Crippen LogP contribution in [0.2, 0.25) is 10.0 Å². The van der Waals surface area contributed by atoms with Gasteiger partial charge in [0.25, 0.3) is 0 Å². The molecule has 5 heteroatoms. The van der Waals surface area contributed by atoms with Gasteiger partial charge in [-0.1, -0.05) is 59.6 Å². The highest BCUT2D eigenvalue weighted by atomic mass is 35.5. The number of hydrogen-bond acceptors (Lipinski definition) is 3. The monoisotopic (exact) mass is 469 g/mol. The van der Waals surface area contributed by atoms with Crippen molar-refractivity contribution in [1.29, 1.82) is 0 Å². The first kappa shape index (κ1) is 23.1. The molecule has 0 unspecified atom stereocenters. The Hall–Kier alpha value is -2.04. The Morgan fingerprint density at radius 2 is 1.47 bits per heavy atom. The molecule has 1 atom stereocenters. The lowest BCUT2D eigenvalue weighted by atomic mass is 10.0. The van der Waals surface area contributed by atoms with Crippen LogP contribution >= 0.6 is 23.2 Å². The van der Waals surface area contributed by atoms with Crippen molar-refractivity contribution in [1.82, 2.24) is 4.90 Å². The Balaban J connectivity index is 1.40. The summed E-state index contributed by atoms with van der Waals surface area (Å²) >= 11 is 12.2. The van der Waals surface area contributed by atoms with Gasteiger partial charge in [-0.05, 0) is 78.9 Å². The lowest BCUT2D eigenvalue weighted by Gasteiger charge is -2.27. The molecule has 0 amide bonds. The van der Waals surface area contributed by atoms with Crippen molar-refractivity contribution >= 4 is 23.2 Å². The van der Waals surface area contributed by atoms with Crippen LogP contribution in [-0.4, -0.2) is 37.7 Å². The summed E-state index contributed by atoms with van der Waals surface area (Å²) in [7, 11) is 1.70. The first-order chi connectivity index (χ1) is 15.6. The maximum atomic E-state index is 6.55. The number of rotatable bonds is 9. The molecule has 1 aliphatic heterocycles. The van der Waals surface area contributed by atoms with Crippen LogP contribution in [0.25, 0.3) is 0 Å². The van der Waals surface area contributed by atoms with Crippen molar-refractivity contribution in [3.63, 3.8) is 0 Å². The van der Waals surface area contributed by atoms with Gasteiger partial charge in [-0.15, -0.1) is 0 Å². The molecular weight excluding hydrogens is 441 g/mol. The Labute approximate surface area is 200 Å². The van der Waals surface area contributed by atoms with Crippen LogP contribution in [0.4, 0.5) is 0 Å². The van der Waals surface area contributed by atoms with Gasteiger partial charge in [-0.25, -0.2) is 0 Å². The van der Waals surface area contributed by atoms with E-state index in [2.05, 4.69) is 17.0 Å². The average molecular weight is 470 g/mol. The molecule has 0 bridgehead atoms. The van der Waals surface area contributed by atoms with Gasteiger partial charge in [-0.2, -0.15) is 0 Å². The van der Waals surface area contributed by atoms with Gasteiger partial charge in [0.15, 0.2) is 0 Å². The van der Waals surface area contributed by atoms with E-state index in [0.717, 1.165) is 52.9 Å². The standard InChI is InChI=1S/C27H29Cl2NO2/c1-31-26-14-4-20(5-15-26)16-18-30-17-2-3-25(30)19-32-27(21-6-10-23(28)11-7-21)22-8-12-24(29)13-9-22/h4-15,25,27H,2-3,16-19H2,1H3/t25-/m0/s1. The van der Waals surface area contributed by atoms with Gasteiger partial charge < -0.3 is 9.47 Å². The zero-order valence-corrected chi connectivity index (χ0v) is 19.9. The first-order valence-corrected chi connectivity index (χ1v) is 11.9. The molecule has 168 valence electrons. The third kappa shape index (κ3) is 6.05. The highest BCUT2D eigenvalue weighted by Gasteiger charge is 2.26. The number of likely N-dealkylation sites (tertiary alicyclic amines) is 1. The molecule has 3 nitrogen and oxygen atoms in total. The minimum atomic E-state index is -0.145. The topological polar surface area (TPSA) is 21.7 Å². The maximum absolute atomic E-state index is 6.55. The van der Waals surface area contributed by atoms with Gasteiger partial charge in [0.2, 0.25) is 0 Å². The Kier molecular flexibility index (Phi) is 8.10. The summed E-state index contributed by atoms with van der Waals surface area (Å²) in [6.07, 6.45) is 3.26. The Morgan fingerprint density at radius 1 is 0.875 bits per heavy atom. The van der Waals surface area contributed by atoms with Crippen molar-refractivity contribution < 1.29 is 9.47 Å². The number of nitrogens with zero attached hydrogens (tertiary/aromatic N) is 1. The van der Waals surface area contributed by atoms with Crippen LogP contribution in [0.1, 0.15) is 35.6 Å². The van der Waals surface area contributed by atoms with Crippen LogP contribution in [-0.2, 0) is 11.2 Å². The largest absolute Gasteiger partial charge is 0.497 e. The molecule has 0 aliphatic carbocycles. The summed E-state index contributed by atoms with van der Waals surface area (Å²) < 4.78 is 11.8. The highest BCUT2D eigenvalue weighted by molar-refractivity contribution is 6.30. The van der Waals surface area contributed by atoms with Gasteiger partial charge in [0.1, 0.15) is 11.9 Å². The SMILES string of the molecule is COc1ccc(CCN2CCC[C@H]2COC(c2ccc(Cl)cc2)c2ccc(Cl)cc2)cc1. The summed E-state index contributed by atoms with van der Waals surface area (Å²) in [5.74, 6) is 0.900. The van der Waals surface area contributed by atoms with Gasteiger partial charge in [0.05, 0.1) is 13.7 Å². The Bertz CT molecular complexity index is 929. The maximum Gasteiger partial charge on any atom is 0.118 e. The van der Waals surface area contributed by atoms with Crippen molar-refractivity contribution in [3.05, 3.63) is 99.5 Å². The molecule has 32 heavy (non-hydrogen) atoms. The van der Waals surface area contributed by atoms with E-state index in [1.807, 2.05) is 60.7 Å². The molecule has 0 radical (unpaired) electrons. The van der Waals surface area contributed by atoms with Crippen molar-refractivity contribution in [2.45, 2.75) is 31.4 Å². The van der Waals surface area contributed by atoms with Crippen molar-refractivity contribution in [2.24, 2.45) is 0 Å². The third-order valence-corrected chi connectivity index (χ3v) is 6.65. The molecule has 3 aromatic carbocycles. The molecule has 0 spiro atoms. The average Bonchev–Trinajstić information content (AvgIpc) is 3.27. The predicted octanol–water partition coefficient (Wildman–Crippen LogP) is 6.82. The van der Waals surface area contributed by atoms with E-state index in [0.29, 0.717) is 12.6 Å². The number of halogens is 2. The van der Waals surface area contributed by atoms with E-state index in [9.17, 15) is 0 Å². The molecule has 3 aromatic rings. The predicted molar refractivity (Wildman–Crippen MR) is 132 cm³/mol. The minimum Gasteiger partial charge on any atom is -0.497 e. The molecule has 0 N–H and O–H groups in total. The van der Waals surface area contributed by atoms with Gasteiger partial charge in [0, 0.05) is 22.6 Å². The fourth-order valence-corrected chi connectivity index (χ4v) is 4.56. The van der Waals surface area contributed by atoms with E-state index in [-0.39, 0.29) is 6.10 Å². The second kappa shape index (κ2) is 11.2. The molecule has 0 aromatic heterocycles. The van der Waals surface area contributed by atoms with Crippen molar-refractivity contribution in [3.8, 4) is 5.75 Å². The van der Waals surface area contributed by atoms with Crippen LogP contribution < -0.4 is 4.74 Å². The van der Waals surface area contributed by atoms with Crippen LogP contribution in [0.15, 0.2) is 72.8 Å². The van der Waals surface area contributed by atoms with Crippen LogP contribution in [0, 0.1) is 0 Å². The Morgan fingerprint density at radius 3 is 2.03 bits per heavy atom. The van der Waals surface area contributed by atoms with Gasteiger partial charge >= 0.3 is 0 Å². The summed E-state index contributed by atoms with van der Waals surface area (Å²) in [5.41, 5.74) is 3.52. The van der Waals surface area contributed by atoms with Crippen LogP contribution in [0.3, 0.4) is 0 Å². The smallest absolute Gasteiger partial charge is 0.118 e. The lowest BCUT2D eigenvalue weighted by Crippen LogP contribution is -2.35. The molecule has 1 heterocycles. The quantitative estimate of drug-likeness (QED) is 0.343. The zero-order chi connectivity index (χ0) is 22.3. The molecule has 1 fully saturated rings. The van der Waals surface area contributed by atoms with Crippen molar-refractivity contribution in [2.75, 3.05) is 26.8 Å². The summed E-state index contributed by atoms with van der Waals surface area (Å²) in [5, 5.41) is 1.45. The molecule has 1 saturated heterocycles. The van der Waals surface area contributed by atoms with E-state index in [1.165, 1.54) is 12.0 Å². The fraction of sp³-hybridized carbons (Fsp3) is 0.333.